The Balaban J connectivity index is 0.00000306. The number of hydrogen-bond donors (Lipinski definition) is 1. The molecule has 2 unspecified atom stereocenters. The van der Waals surface area contributed by atoms with Gasteiger partial charge in [-0.3, -0.25) is 14.6 Å². The summed E-state index contributed by atoms with van der Waals surface area (Å²) in [5, 5.41) is 3.00. The van der Waals surface area contributed by atoms with E-state index in [-0.39, 0.29) is 25.5 Å². The van der Waals surface area contributed by atoms with Gasteiger partial charge in [-0.25, -0.2) is 4.39 Å². The highest BCUT2D eigenvalue weighted by Gasteiger charge is 2.31. The molecule has 1 aromatic heterocycles. The van der Waals surface area contributed by atoms with Crippen molar-refractivity contribution < 1.29 is 15.4 Å². The zero-order valence-corrected chi connectivity index (χ0v) is 18.3. The molecule has 1 saturated heterocycles. The largest absolute Gasteiger partial charge is 0.344 e. The molecule has 2 aromatic rings. The highest BCUT2D eigenvalue weighted by atomic mass is 19.1. The van der Waals surface area contributed by atoms with Crippen molar-refractivity contribution in [1.29, 1.82) is 0 Å². The lowest BCUT2D eigenvalue weighted by atomic mass is 9.85. The lowest BCUT2D eigenvalue weighted by molar-refractivity contribution is -0.130. The number of rotatable bonds is 7. The Labute approximate surface area is 188 Å². The molecule has 2 heterocycles. The van der Waals surface area contributed by atoms with Crippen LogP contribution < -0.4 is 5.32 Å². The van der Waals surface area contributed by atoms with Crippen LogP contribution >= 0.6 is 0 Å². The highest BCUT2D eigenvalue weighted by Crippen LogP contribution is 2.32. The van der Waals surface area contributed by atoms with Gasteiger partial charge in [-0.05, 0) is 55.9 Å². The van der Waals surface area contributed by atoms with Gasteiger partial charge in [0.15, 0.2) is 0 Å². The van der Waals surface area contributed by atoms with Crippen molar-refractivity contribution in [2.75, 3.05) is 27.2 Å². The lowest BCUT2D eigenvalue weighted by Crippen LogP contribution is -2.42. The van der Waals surface area contributed by atoms with Crippen LogP contribution in [0.25, 0.3) is 5.57 Å². The zero-order valence-electron chi connectivity index (χ0n) is 18.3. The summed E-state index contributed by atoms with van der Waals surface area (Å²) in [6, 6.07) is 9.58. The number of carbonyl (C=O) groups is 2. The van der Waals surface area contributed by atoms with Crippen LogP contribution in [-0.4, -0.2) is 65.9 Å². The predicted molar refractivity (Wildman–Crippen MR) is 122 cm³/mol. The first kappa shape index (κ1) is 21.9. The molecule has 168 valence electrons. The first-order valence-corrected chi connectivity index (χ1v) is 10.8. The van der Waals surface area contributed by atoms with Gasteiger partial charge in [0.25, 0.3) is 5.91 Å². The number of amides is 2. The van der Waals surface area contributed by atoms with Crippen molar-refractivity contribution in [2.24, 2.45) is 0 Å². The minimum atomic E-state index is -0.446. The molecule has 7 heteroatoms. The molecule has 1 aliphatic heterocycles. The Hall–Kier alpha value is -3.28. The Bertz CT molecular complexity index is 1070. The summed E-state index contributed by atoms with van der Waals surface area (Å²) < 4.78 is 13.2. The van der Waals surface area contributed by atoms with E-state index in [4.69, 9.17) is 0 Å². The maximum absolute atomic E-state index is 13.2. The fourth-order valence-electron chi connectivity index (χ4n) is 4.10. The van der Waals surface area contributed by atoms with Gasteiger partial charge in [0.05, 0.1) is 18.0 Å². The molecule has 6 nitrogen and oxygen atoms in total. The average Bonchev–Trinajstić information content (AvgIpc) is 3.25. The van der Waals surface area contributed by atoms with Crippen LogP contribution in [0.3, 0.4) is 0 Å². The van der Waals surface area contributed by atoms with Gasteiger partial charge < -0.3 is 15.1 Å². The first-order chi connectivity index (χ1) is 15.4. The number of likely N-dealkylation sites (tertiary alicyclic amines) is 1. The predicted octanol–water partition coefficient (Wildman–Crippen LogP) is 3.13. The molecular weight excluding hydrogens is 407 g/mol. The molecule has 1 aromatic carbocycles. The van der Waals surface area contributed by atoms with Gasteiger partial charge in [0, 0.05) is 44.9 Å². The van der Waals surface area contributed by atoms with Gasteiger partial charge >= 0.3 is 0 Å². The molecule has 1 fully saturated rings. The van der Waals surface area contributed by atoms with Crippen molar-refractivity contribution in [3.05, 3.63) is 77.0 Å². The van der Waals surface area contributed by atoms with Gasteiger partial charge in [-0.2, -0.15) is 0 Å². The number of nitrogens with one attached hydrogen (secondary N) is 1. The van der Waals surface area contributed by atoms with E-state index in [9.17, 15) is 14.0 Å². The van der Waals surface area contributed by atoms with Crippen LogP contribution in [0.1, 0.15) is 36.6 Å². The number of nitrogens with zero attached hydrogens (tertiary/aromatic N) is 3. The third-order valence-corrected chi connectivity index (χ3v) is 6.15. The van der Waals surface area contributed by atoms with E-state index in [2.05, 4.69) is 20.9 Å². The zero-order chi connectivity index (χ0) is 22.7. The summed E-state index contributed by atoms with van der Waals surface area (Å²) in [6.45, 7) is 1.42. The number of benzene rings is 1. The SMILES string of the molecule is CN(C)C1CCN(C(=O)CC(NC(=O)c2cccnc2)C2=C=C(c3ccc(F)cc3)C2)C1.[HH]. The van der Waals surface area contributed by atoms with Gasteiger partial charge in [0.1, 0.15) is 5.82 Å². The van der Waals surface area contributed by atoms with E-state index in [1.54, 1.807) is 30.5 Å². The minimum Gasteiger partial charge on any atom is -0.344 e. The van der Waals surface area contributed by atoms with E-state index in [0.717, 1.165) is 29.7 Å². The fourth-order valence-corrected chi connectivity index (χ4v) is 4.10. The second-order valence-corrected chi connectivity index (χ2v) is 8.53. The average molecular weight is 437 g/mol. The second kappa shape index (κ2) is 9.47. The van der Waals surface area contributed by atoms with Crippen molar-refractivity contribution >= 4 is 17.4 Å². The molecule has 0 spiro atoms. The van der Waals surface area contributed by atoms with Gasteiger partial charge in [-0.15, -0.1) is 5.73 Å². The summed E-state index contributed by atoms with van der Waals surface area (Å²) in [7, 11) is 4.05. The maximum Gasteiger partial charge on any atom is 0.253 e. The summed E-state index contributed by atoms with van der Waals surface area (Å²) in [5.41, 5.74) is 6.46. The monoisotopic (exact) mass is 436 g/mol. The molecule has 32 heavy (non-hydrogen) atoms. The number of halogens is 1. The molecule has 1 aliphatic carbocycles. The number of likely N-dealkylation sites (N-methyl/N-ethyl adjacent to an activating group) is 1. The minimum absolute atomic E-state index is 0. The van der Waals surface area contributed by atoms with Crippen molar-refractivity contribution in [3.63, 3.8) is 0 Å². The summed E-state index contributed by atoms with van der Waals surface area (Å²) in [5.74, 6) is -0.532. The third-order valence-electron chi connectivity index (χ3n) is 6.15. The van der Waals surface area contributed by atoms with Crippen molar-refractivity contribution in [1.82, 2.24) is 20.1 Å². The molecule has 1 N–H and O–H groups in total. The topological polar surface area (TPSA) is 65.5 Å². The normalized spacial score (nSPS) is 18.6. The molecule has 2 aliphatic rings. The third kappa shape index (κ3) is 4.96. The van der Waals surface area contributed by atoms with Crippen LogP contribution in [-0.2, 0) is 4.79 Å². The summed E-state index contributed by atoms with van der Waals surface area (Å²) in [6.07, 6.45) is 4.84. The molecule has 2 amide bonds. The van der Waals surface area contributed by atoms with Crippen LogP contribution in [0.4, 0.5) is 4.39 Å². The molecule has 0 saturated carbocycles. The molecule has 4 rings (SSSR count). The number of carbonyl (C=O) groups excluding carboxylic acids is 2. The second-order valence-electron chi connectivity index (χ2n) is 8.53. The maximum atomic E-state index is 13.2. The molecule has 2 atom stereocenters. The smallest absolute Gasteiger partial charge is 0.253 e. The van der Waals surface area contributed by atoms with E-state index >= 15 is 0 Å². The summed E-state index contributed by atoms with van der Waals surface area (Å²) >= 11 is 0. The van der Waals surface area contributed by atoms with E-state index in [1.807, 2.05) is 19.0 Å². The first-order valence-electron chi connectivity index (χ1n) is 10.8. The van der Waals surface area contributed by atoms with E-state index in [1.165, 1.54) is 18.3 Å². The van der Waals surface area contributed by atoms with Crippen LogP contribution in [0.5, 0.6) is 0 Å². The van der Waals surface area contributed by atoms with Gasteiger partial charge in [-0.1, -0.05) is 12.1 Å². The summed E-state index contributed by atoms with van der Waals surface area (Å²) in [4.78, 5) is 33.8. The lowest BCUT2D eigenvalue weighted by Gasteiger charge is -2.27. The van der Waals surface area contributed by atoms with Crippen molar-refractivity contribution in [3.8, 4) is 0 Å². The molecular formula is C25H29FN4O2. The van der Waals surface area contributed by atoms with Gasteiger partial charge in [0.2, 0.25) is 5.91 Å². The van der Waals surface area contributed by atoms with Crippen molar-refractivity contribution in [2.45, 2.75) is 31.3 Å². The Morgan fingerprint density at radius 2 is 2.06 bits per heavy atom. The van der Waals surface area contributed by atoms with E-state index < -0.39 is 6.04 Å². The molecule has 0 radical (unpaired) electrons. The number of aromatic nitrogens is 1. The van der Waals surface area contributed by atoms with Crippen LogP contribution in [0.2, 0.25) is 0 Å². The Kier molecular flexibility index (Phi) is 6.49. The van der Waals surface area contributed by atoms with E-state index in [0.29, 0.717) is 24.6 Å². The standard InChI is InChI=1S/C25H27FN4O2.H2/c1-29(2)22-9-11-30(16-22)24(31)14-23(28-25(32)18-4-3-10-27-15-18)20-12-19(13-20)17-5-7-21(26)8-6-17;/h3-8,10,15,22-23H,9,11-12,14,16H2,1-2H3,(H,28,32);1H. The van der Waals surface area contributed by atoms with Crippen LogP contribution in [0.15, 0.2) is 60.1 Å². The Morgan fingerprint density at radius 1 is 1.31 bits per heavy atom. The highest BCUT2D eigenvalue weighted by molar-refractivity contribution is 5.95. The molecule has 0 bridgehead atoms. The fraction of sp³-hybridized carbons (Fsp3) is 0.360. The number of hydrogen-bond acceptors (Lipinski definition) is 4. The Morgan fingerprint density at radius 3 is 2.69 bits per heavy atom. The van der Waals surface area contributed by atoms with Crippen LogP contribution in [0, 0.1) is 5.82 Å². The quantitative estimate of drug-likeness (QED) is 0.678. The number of pyridine rings is 1.